The van der Waals surface area contributed by atoms with Crippen LogP contribution in [0, 0.1) is 11.3 Å². The predicted octanol–water partition coefficient (Wildman–Crippen LogP) is 1.11. The Bertz CT molecular complexity index is 386. The summed E-state index contributed by atoms with van der Waals surface area (Å²) in [6.07, 6.45) is 3.00. The van der Waals surface area contributed by atoms with Gasteiger partial charge >= 0.3 is 0 Å². The first-order valence-corrected chi connectivity index (χ1v) is 5.24. The molecule has 0 fully saturated rings. The molecule has 0 aromatic carbocycles. The van der Waals surface area contributed by atoms with Crippen LogP contribution in [0.1, 0.15) is 25.3 Å². The number of nitrogens with zero attached hydrogens (tertiary/aromatic N) is 2. The first-order valence-electron chi connectivity index (χ1n) is 5.24. The van der Waals surface area contributed by atoms with E-state index in [0.717, 1.165) is 6.42 Å². The normalized spacial score (nSPS) is 11.8. The van der Waals surface area contributed by atoms with Crippen molar-refractivity contribution in [2.45, 2.75) is 25.8 Å². The van der Waals surface area contributed by atoms with Gasteiger partial charge in [0.05, 0.1) is 11.3 Å². The van der Waals surface area contributed by atoms with E-state index in [1.54, 1.807) is 6.07 Å². The summed E-state index contributed by atoms with van der Waals surface area (Å²) in [5, 5.41) is 20.7. The van der Waals surface area contributed by atoms with E-state index in [1.807, 2.05) is 13.0 Å². The molecule has 1 rings (SSSR count). The Morgan fingerprint density at radius 3 is 2.94 bits per heavy atom. The van der Waals surface area contributed by atoms with Crippen LogP contribution in [0.4, 0.5) is 11.5 Å². The zero-order valence-corrected chi connectivity index (χ0v) is 9.27. The number of nitriles is 1. The molecule has 0 saturated heterocycles. The van der Waals surface area contributed by atoms with Crippen LogP contribution in [0.5, 0.6) is 0 Å². The van der Waals surface area contributed by atoms with E-state index in [9.17, 15) is 0 Å². The average Bonchev–Trinajstić information content (AvgIpc) is 2.30. The lowest BCUT2D eigenvalue weighted by Gasteiger charge is -2.17. The summed E-state index contributed by atoms with van der Waals surface area (Å²) >= 11 is 0. The van der Waals surface area contributed by atoms with Crippen LogP contribution < -0.4 is 11.1 Å². The van der Waals surface area contributed by atoms with Crippen molar-refractivity contribution in [3.63, 3.8) is 0 Å². The van der Waals surface area contributed by atoms with Crippen LogP contribution in [0.2, 0.25) is 0 Å². The Balaban J connectivity index is 2.77. The standard InChI is InChI=1S/C11H16N4O/c1-2-9(3-4-16)15-11-10(13)5-8(6-12)7-14-11/h5,7,9,16H,2-4,13H2,1H3,(H,14,15). The van der Waals surface area contributed by atoms with Crippen molar-refractivity contribution in [1.29, 1.82) is 5.26 Å². The molecule has 0 amide bonds. The molecule has 0 bridgehead atoms. The number of hydrogen-bond acceptors (Lipinski definition) is 5. The molecule has 1 heterocycles. The average molecular weight is 220 g/mol. The predicted molar refractivity (Wildman–Crippen MR) is 62.8 cm³/mol. The van der Waals surface area contributed by atoms with Gasteiger partial charge in [-0.15, -0.1) is 0 Å². The van der Waals surface area contributed by atoms with Crippen LogP contribution >= 0.6 is 0 Å². The van der Waals surface area contributed by atoms with E-state index >= 15 is 0 Å². The van der Waals surface area contributed by atoms with Gasteiger partial charge in [0.1, 0.15) is 11.9 Å². The van der Waals surface area contributed by atoms with Gasteiger partial charge in [-0.05, 0) is 18.9 Å². The number of nitrogens with one attached hydrogen (secondary N) is 1. The van der Waals surface area contributed by atoms with Gasteiger partial charge in [0, 0.05) is 18.8 Å². The van der Waals surface area contributed by atoms with E-state index in [2.05, 4.69) is 10.3 Å². The minimum Gasteiger partial charge on any atom is -0.396 e. The number of aliphatic hydroxyl groups is 1. The molecule has 4 N–H and O–H groups in total. The second-order valence-electron chi connectivity index (χ2n) is 3.54. The molecule has 0 aliphatic carbocycles. The largest absolute Gasteiger partial charge is 0.396 e. The van der Waals surface area contributed by atoms with Crippen molar-refractivity contribution < 1.29 is 5.11 Å². The Morgan fingerprint density at radius 2 is 2.44 bits per heavy atom. The van der Waals surface area contributed by atoms with Crippen molar-refractivity contribution >= 4 is 11.5 Å². The molecule has 5 nitrogen and oxygen atoms in total. The second-order valence-corrected chi connectivity index (χ2v) is 3.54. The Kier molecular flexibility index (Phi) is 4.55. The number of aliphatic hydroxyl groups excluding tert-OH is 1. The number of hydrogen-bond donors (Lipinski definition) is 3. The van der Waals surface area contributed by atoms with Gasteiger partial charge < -0.3 is 16.2 Å². The molecule has 0 aliphatic heterocycles. The molecular formula is C11H16N4O. The van der Waals surface area contributed by atoms with Gasteiger partial charge in [-0.3, -0.25) is 0 Å². The highest BCUT2D eigenvalue weighted by Gasteiger charge is 2.08. The number of pyridine rings is 1. The molecule has 16 heavy (non-hydrogen) atoms. The molecule has 1 aromatic rings. The SMILES string of the molecule is CCC(CCO)Nc1ncc(C#N)cc1N. The highest BCUT2D eigenvalue weighted by Crippen LogP contribution is 2.18. The number of anilines is 2. The first kappa shape index (κ1) is 12.3. The van der Waals surface area contributed by atoms with Gasteiger partial charge in [0.15, 0.2) is 0 Å². The lowest BCUT2D eigenvalue weighted by atomic mass is 10.1. The molecule has 5 heteroatoms. The Hall–Kier alpha value is -1.80. The van der Waals surface area contributed by atoms with Crippen LogP contribution in [0.3, 0.4) is 0 Å². The van der Waals surface area contributed by atoms with E-state index in [-0.39, 0.29) is 12.6 Å². The van der Waals surface area contributed by atoms with Crippen LogP contribution in [0.15, 0.2) is 12.3 Å². The number of nitrogens with two attached hydrogens (primary N) is 1. The van der Waals surface area contributed by atoms with E-state index in [0.29, 0.717) is 23.5 Å². The molecule has 0 spiro atoms. The molecule has 0 saturated carbocycles. The maximum Gasteiger partial charge on any atom is 0.149 e. The van der Waals surface area contributed by atoms with E-state index in [1.165, 1.54) is 6.20 Å². The smallest absolute Gasteiger partial charge is 0.149 e. The summed E-state index contributed by atoms with van der Waals surface area (Å²) in [6, 6.07) is 3.71. The van der Waals surface area contributed by atoms with Gasteiger partial charge in [0.2, 0.25) is 0 Å². The van der Waals surface area contributed by atoms with Crippen LogP contribution in [-0.4, -0.2) is 22.7 Å². The zero-order chi connectivity index (χ0) is 12.0. The maximum atomic E-state index is 8.86. The molecule has 1 aromatic heterocycles. The fraction of sp³-hybridized carbons (Fsp3) is 0.455. The quantitative estimate of drug-likeness (QED) is 0.690. The van der Waals surface area contributed by atoms with Gasteiger partial charge in [0.25, 0.3) is 0 Å². The van der Waals surface area contributed by atoms with Crippen molar-refractivity contribution in [1.82, 2.24) is 4.98 Å². The molecule has 86 valence electrons. The number of aromatic nitrogens is 1. The summed E-state index contributed by atoms with van der Waals surface area (Å²) in [4.78, 5) is 4.08. The van der Waals surface area contributed by atoms with E-state index in [4.69, 9.17) is 16.1 Å². The third-order valence-corrected chi connectivity index (χ3v) is 2.36. The van der Waals surface area contributed by atoms with Crippen LogP contribution in [-0.2, 0) is 0 Å². The minimum atomic E-state index is 0.127. The second kappa shape index (κ2) is 5.93. The van der Waals surface area contributed by atoms with Crippen LogP contribution in [0.25, 0.3) is 0 Å². The summed E-state index contributed by atoms with van der Waals surface area (Å²) in [6.45, 7) is 2.15. The van der Waals surface area contributed by atoms with Crippen molar-refractivity contribution in [3.05, 3.63) is 17.8 Å². The third-order valence-electron chi connectivity index (χ3n) is 2.36. The fourth-order valence-electron chi connectivity index (χ4n) is 1.39. The maximum absolute atomic E-state index is 8.86. The monoisotopic (exact) mass is 220 g/mol. The van der Waals surface area contributed by atoms with Gasteiger partial charge in [-0.1, -0.05) is 6.92 Å². The summed E-state index contributed by atoms with van der Waals surface area (Å²) in [7, 11) is 0. The number of nitrogen functional groups attached to an aromatic ring is 1. The zero-order valence-electron chi connectivity index (χ0n) is 9.27. The molecule has 0 aliphatic rings. The fourth-order valence-corrected chi connectivity index (χ4v) is 1.39. The molecule has 0 radical (unpaired) electrons. The Labute approximate surface area is 94.9 Å². The van der Waals surface area contributed by atoms with Crippen molar-refractivity contribution in [3.8, 4) is 6.07 Å². The summed E-state index contributed by atoms with van der Waals surface area (Å²) < 4.78 is 0. The summed E-state index contributed by atoms with van der Waals surface area (Å²) in [5.41, 5.74) is 6.65. The highest BCUT2D eigenvalue weighted by molar-refractivity contribution is 5.63. The molecular weight excluding hydrogens is 204 g/mol. The van der Waals surface area contributed by atoms with Gasteiger partial charge in [-0.25, -0.2) is 4.98 Å². The topological polar surface area (TPSA) is 95.0 Å². The first-order chi connectivity index (χ1) is 7.71. The lowest BCUT2D eigenvalue weighted by Crippen LogP contribution is -2.21. The van der Waals surface area contributed by atoms with Crippen molar-refractivity contribution in [2.24, 2.45) is 0 Å². The molecule has 1 atom stereocenters. The van der Waals surface area contributed by atoms with Gasteiger partial charge in [-0.2, -0.15) is 5.26 Å². The van der Waals surface area contributed by atoms with E-state index < -0.39 is 0 Å². The summed E-state index contributed by atoms with van der Waals surface area (Å²) in [5.74, 6) is 0.569. The minimum absolute atomic E-state index is 0.127. The molecule has 1 unspecified atom stereocenters. The lowest BCUT2D eigenvalue weighted by molar-refractivity contribution is 0.278. The van der Waals surface area contributed by atoms with Crippen molar-refractivity contribution in [2.75, 3.05) is 17.7 Å². The third kappa shape index (κ3) is 3.11. The number of rotatable bonds is 5. The highest BCUT2D eigenvalue weighted by atomic mass is 16.3. The Morgan fingerprint density at radius 1 is 1.69 bits per heavy atom.